The molecule has 0 saturated carbocycles. The average molecular weight is 373 g/mol. The maximum atomic E-state index is 12.4. The number of fused-ring (bicyclic) bond motifs is 3. The topological polar surface area (TPSA) is 95.4 Å². The fraction of sp³-hybridized carbons (Fsp3) is 0.150. The van der Waals surface area contributed by atoms with Crippen LogP contribution < -0.4 is 4.74 Å². The Morgan fingerprint density at radius 3 is 2.79 bits per heavy atom. The van der Waals surface area contributed by atoms with Crippen molar-refractivity contribution in [1.29, 1.82) is 0 Å². The van der Waals surface area contributed by atoms with Crippen LogP contribution in [0.3, 0.4) is 0 Å². The molecule has 5 heterocycles. The molecule has 1 atom stereocenters. The number of hydrogen-bond donors (Lipinski definition) is 0. The lowest BCUT2D eigenvalue weighted by Crippen LogP contribution is -2.21. The minimum absolute atomic E-state index is 0.101. The van der Waals surface area contributed by atoms with Crippen LogP contribution in [0, 0.1) is 0 Å². The molecule has 138 valence electrons. The summed E-state index contributed by atoms with van der Waals surface area (Å²) in [4.78, 5) is 25.8. The van der Waals surface area contributed by atoms with Crippen molar-refractivity contribution in [2.75, 3.05) is 0 Å². The number of carbonyl (C=O) groups excluding carboxylic acids is 1. The minimum atomic E-state index is -0.478. The van der Waals surface area contributed by atoms with E-state index in [0.717, 1.165) is 0 Å². The number of ketones is 1. The highest BCUT2D eigenvalue weighted by Crippen LogP contribution is 2.44. The number of ether oxygens (including phenoxy) is 1. The van der Waals surface area contributed by atoms with Crippen molar-refractivity contribution in [2.24, 2.45) is 0 Å². The number of rotatable bonds is 3. The molecule has 0 N–H and O–H groups in total. The molecule has 0 fully saturated rings. The van der Waals surface area contributed by atoms with Gasteiger partial charge in [-0.25, -0.2) is 14.5 Å². The molecule has 0 aliphatic carbocycles. The maximum absolute atomic E-state index is 12.4. The van der Waals surface area contributed by atoms with Gasteiger partial charge in [-0.3, -0.25) is 9.78 Å². The number of allylic oxidation sites excluding steroid dienone is 2. The van der Waals surface area contributed by atoms with Crippen LogP contribution >= 0.6 is 0 Å². The summed E-state index contributed by atoms with van der Waals surface area (Å²) in [6.07, 6.45) is 4.80. The molecule has 1 aliphatic heterocycles. The van der Waals surface area contributed by atoms with Gasteiger partial charge in [-0.15, -0.1) is 5.10 Å². The second kappa shape index (κ2) is 6.12. The van der Waals surface area contributed by atoms with Crippen molar-refractivity contribution in [3.8, 4) is 17.4 Å². The van der Waals surface area contributed by atoms with E-state index in [9.17, 15) is 4.79 Å². The second-order valence-electron chi connectivity index (χ2n) is 6.46. The van der Waals surface area contributed by atoms with E-state index in [0.29, 0.717) is 45.7 Å². The summed E-state index contributed by atoms with van der Waals surface area (Å²) in [7, 11) is 0. The van der Waals surface area contributed by atoms with Gasteiger partial charge < -0.3 is 9.15 Å². The lowest BCUT2D eigenvalue weighted by atomic mass is 9.85. The second-order valence-corrected chi connectivity index (χ2v) is 6.46. The minimum Gasteiger partial charge on any atom is -0.468 e. The van der Waals surface area contributed by atoms with E-state index in [1.165, 1.54) is 6.92 Å². The monoisotopic (exact) mass is 373 g/mol. The molecule has 0 aromatic carbocycles. The van der Waals surface area contributed by atoms with Crippen LogP contribution in [-0.2, 0) is 4.79 Å². The van der Waals surface area contributed by atoms with Crippen molar-refractivity contribution in [2.45, 2.75) is 19.8 Å². The predicted octanol–water partition coefficient (Wildman–Crippen LogP) is 3.17. The van der Waals surface area contributed by atoms with Crippen LogP contribution in [0.25, 0.3) is 17.2 Å². The normalized spacial score (nSPS) is 16.1. The fourth-order valence-corrected chi connectivity index (χ4v) is 3.54. The molecule has 1 aliphatic rings. The molecule has 0 unspecified atom stereocenters. The number of pyridine rings is 1. The zero-order valence-corrected chi connectivity index (χ0v) is 15.2. The summed E-state index contributed by atoms with van der Waals surface area (Å²) in [6.45, 7) is 3.27. The van der Waals surface area contributed by atoms with Crippen molar-refractivity contribution in [3.05, 3.63) is 71.8 Å². The predicted molar refractivity (Wildman–Crippen MR) is 98.6 cm³/mol. The van der Waals surface area contributed by atoms with Crippen molar-refractivity contribution < 1.29 is 13.9 Å². The van der Waals surface area contributed by atoms with Crippen LogP contribution in [-0.4, -0.2) is 30.3 Å². The van der Waals surface area contributed by atoms with E-state index in [1.54, 1.807) is 36.3 Å². The average Bonchev–Trinajstić information content (AvgIpc) is 3.37. The summed E-state index contributed by atoms with van der Waals surface area (Å²) in [5, 5.41) is 4.49. The first-order valence-corrected chi connectivity index (χ1v) is 8.73. The van der Waals surface area contributed by atoms with Gasteiger partial charge in [0.05, 0.1) is 17.7 Å². The van der Waals surface area contributed by atoms with Crippen LogP contribution in [0.15, 0.2) is 64.9 Å². The first-order chi connectivity index (χ1) is 13.6. The van der Waals surface area contributed by atoms with Crippen LogP contribution in [0.1, 0.15) is 31.1 Å². The van der Waals surface area contributed by atoms with Gasteiger partial charge in [0.25, 0.3) is 0 Å². The van der Waals surface area contributed by atoms with Gasteiger partial charge >= 0.3 is 0 Å². The molecular formula is C20H15N5O3. The Labute approximate surface area is 159 Å². The molecule has 4 aromatic rings. The summed E-state index contributed by atoms with van der Waals surface area (Å²) >= 11 is 0. The number of Topliss-reactive ketones (excluding diaryl/α,β-unsaturated/α-hetero) is 1. The van der Waals surface area contributed by atoms with Gasteiger partial charge in [0, 0.05) is 11.8 Å². The lowest BCUT2D eigenvalue weighted by molar-refractivity contribution is -0.114. The number of nitrogens with zero attached hydrogens (tertiary/aromatic N) is 5. The third-order valence-corrected chi connectivity index (χ3v) is 4.69. The van der Waals surface area contributed by atoms with Crippen LogP contribution in [0.2, 0.25) is 0 Å². The lowest BCUT2D eigenvalue weighted by Gasteiger charge is -2.26. The Bertz CT molecular complexity index is 1230. The highest BCUT2D eigenvalue weighted by Gasteiger charge is 2.37. The quantitative estimate of drug-likeness (QED) is 0.544. The van der Waals surface area contributed by atoms with E-state index in [4.69, 9.17) is 9.15 Å². The Morgan fingerprint density at radius 1 is 1.18 bits per heavy atom. The highest BCUT2D eigenvalue weighted by atomic mass is 16.5. The molecule has 0 bridgehead atoms. The standard InChI is InChI=1S/C20H15N5O3/c1-11(26)15-12(2)28-20-17(16(15)14-7-5-9-27-14)19-23-18(24-25(19)10-22-20)13-6-3-4-8-21-13/h3-10,16H,1-2H3/t16-/m1/s1. The molecule has 28 heavy (non-hydrogen) atoms. The summed E-state index contributed by atoms with van der Waals surface area (Å²) < 4.78 is 13.1. The van der Waals surface area contributed by atoms with Gasteiger partial charge in [-0.1, -0.05) is 6.07 Å². The smallest absolute Gasteiger partial charge is 0.228 e. The molecule has 0 saturated heterocycles. The Morgan fingerprint density at radius 2 is 2.07 bits per heavy atom. The molecule has 0 amide bonds. The molecule has 4 aromatic heterocycles. The van der Waals surface area contributed by atoms with Gasteiger partial charge in [0.15, 0.2) is 11.4 Å². The maximum Gasteiger partial charge on any atom is 0.228 e. The Kier molecular flexibility index (Phi) is 3.58. The van der Waals surface area contributed by atoms with Gasteiger partial charge in [-0.2, -0.15) is 0 Å². The van der Waals surface area contributed by atoms with E-state index in [2.05, 4.69) is 20.1 Å². The molecular weight excluding hydrogens is 358 g/mol. The molecule has 8 nitrogen and oxygen atoms in total. The van der Waals surface area contributed by atoms with Crippen molar-refractivity contribution in [1.82, 2.24) is 24.6 Å². The third-order valence-electron chi connectivity index (χ3n) is 4.69. The Hall–Kier alpha value is -3.81. The number of hydrogen-bond acceptors (Lipinski definition) is 7. The Balaban J connectivity index is 1.79. The number of furan rings is 1. The molecule has 0 spiro atoms. The van der Waals surface area contributed by atoms with Gasteiger partial charge in [-0.05, 0) is 38.1 Å². The first-order valence-electron chi connectivity index (χ1n) is 8.73. The number of carbonyl (C=O) groups is 1. The first kappa shape index (κ1) is 16.4. The van der Waals surface area contributed by atoms with E-state index >= 15 is 0 Å². The zero-order valence-electron chi connectivity index (χ0n) is 15.2. The summed E-state index contributed by atoms with van der Waals surface area (Å²) in [5.41, 5.74) is 2.34. The van der Waals surface area contributed by atoms with E-state index < -0.39 is 5.92 Å². The zero-order chi connectivity index (χ0) is 19.3. The summed E-state index contributed by atoms with van der Waals surface area (Å²) in [5.74, 6) is 1.39. The SMILES string of the molecule is CC(=O)C1=C(C)Oc2ncn3nc(-c4ccccn4)nc3c2[C@@H]1c1ccco1. The van der Waals surface area contributed by atoms with Crippen molar-refractivity contribution >= 4 is 11.4 Å². The number of aromatic nitrogens is 5. The summed E-state index contributed by atoms with van der Waals surface area (Å²) in [6, 6.07) is 9.15. The van der Waals surface area contributed by atoms with Gasteiger partial charge in [0.1, 0.15) is 23.5 Å². The van der Waals surface area contributed by atoms with Gasteiger partial charge in [0.2, 0.25) is 11.7 Å². The molecule has 5 rings (SSSR count). The third kappa shape index (κ3) is 2.42. The van der Waals surface area contributed by atoms with Crippen LogP contribution in [0.4, 0.5) is 0 Å². The fourth-order valence-electron chi connectivity index (χ4n) is 3.54. The van der Waals surface area contributed by atoms with E-state index in [1.807, 2.05) is 24.3 Å². The van der Waals surface area contributed by atoms with E-state index in [-0.39, 0.29) is 5.78 Å². The van der Waals surface area contributed by atoms with Crippen LogP contribution in [0.5, 0.6) is 5.88 Å². The van der Waals surface area contributed by atoms with Crippen molar-refractivity contribution in [3.63, 3.8) is 0 Å². The highest BCUT2D eigenvalue weighted by molar-refractivity contribution is 5.97. The largest absolute Gasteiger partial charge is 0.468 e. The molecule has 0 radical (unpaired) electrons. The molecule has 8 heteroatoms.